The van der Waals surface area contributed by atoms with E-state index in [0.717, 1.165) is 31.5 Å². The van der Waals surface area contributed by atoms with Gasteiger partial charge >= 0.3 is 11.9 Å². The smallest absolute Gasteiger partial charge is 0.422 e. The maximum atomic E-state index is 11.2. The molecule has 2 heterocycles. The molecule has 0 bridgehead atoms. The number of rotatable bonds is 1. The molecule has 1 atom stereocenters. The predicted molar refractivity (Wildman–Crippen MR) is 79.4 cm³/mol. The van der Waals surface area contributed by atoms with Gasteiger partial charge in [0.1, 0.15) is 23.2 Å². The van der Waals surface area contributed by atoms with Gasteiger partial charge in [-0.05, 0) is 51.1 Å². The number of fused-ring (bicyclic) bond motifs is 1. The van der Waals surface area contributed by atoms with Crippen LogP contribution in [-0.4, -0.2) is 41.8 Å². The zero-order chi connectivity index (χ0) is 16.4. The molecule has 7 nitrogen and oxygen atoms in total. The van der Waals surface area contributed by atoms with E-state index in [1.54, 1.807) is 12.1 Å². The highest BCUT2D eigenvalue weighted by Gasteiger charge is 2.42. The molecule has 1 saturated heterocycles. The van der Waals surface area contributed by atoms with Gasteiger partial charge in [0.25, 0.3) is 0 Å². The fourth-order valence-electron chi connectivity index (χ4n) is 3.04. The lowest BCUT2D eigenvalue weighted by Gasteiger charge is -2.40. The average Bonchev–Trinajstić information content (AvgIpc) is 2.66. The maximum absolute atomic E-state index is 11.2. The molecule has 0 aromatic heterocycles. The topological polar surface area (TPSA) is 94.1 Å². The number of benzene rings is 1. The van der Waals surface area contributed by atoms with Crippen LogP contribution in [0.4, 0.5) is 0 Å². The fourth-order valence-corrected chi connectivity index (χ4v) is 3.04. The molecule has 2 aliphatic heterocycles. The Hall–Kier alpha value is -2.12. The van der Waals surface area contributed by atoms with Crippen LogP contribution in [0, 0.1) is 0 Å². The zero-order valence-corrected chi connectivity index (χ0v) is 12.8. The number of carbonyl (C=O) groups excluding carboxylic acids is 1. The summed E-state index contributed by atoms with van der Waals surface area (Å²) >= 11 is 0. The summed E-state index contributed by atoms with van der Waals surface area (Å²) in [5.74, 6) is -2.11. The lowest BCUT2D eigenvalue weighted by molar-refractivity contribution is -0.158. The van der Waals surface area contributed by atoms with Crippen LogP contribution in [0.2, 0.25) is 0 Å². The van der Waals surface area contributed by atoms with E-state index in [1.807, 2.05) is 6.92 Å². The van der Waals surface area contributed by atoms with Gasteiger partial charge in [-0.2, -0.15) is 0 Å². The van der Waals surface area contributed by atoms with Crippen molar-refractivity contribution in [2.24, 2.45) is 0 Å². The molecule has 0 radical (unpaired) electrons. The van der Waals surface area contributed by atoms with Gasteiger partial charge in [0, 0.05) is 5.56 Å². The molecule has 2 aliphatic rings. The van der Waals surface area contributed by atoms with Gasteiger partial charge in [-0.1, -0.05) is 0 Å². The zero-order valence-electron chi connectivity index (χ0n) is 12.8. The number of carbonyl (C=O) groups is 2. The Morgan fingerprint density at radius 1 is 1.35 bits per heavy atom. The molecule has 1 spiro atoms. The van der Waals surface area contributed by atoms with Crippen LogP contribution in [0.5, 0.6) is 11.5 Å². The normalized spacial score (nSPS) is 22.6. The van der Waals surface area contributed by atoms with E-state index in [2.05, 4.69) is 5.32 Å². The molecule has 7 heteroatoms. The van der Waals surface area contributed by atoms with Crippen molar-refractivity contribution < 1.29 is 28.9 Å². The first kappa shape index (κ1) is 15.8. The molecule has 0 saturated carbocycles. The second kappa shape index (κ2) is 6.17. The Kier molecular flexibility index (Phi) is 4.23. The number of esters is 1. The third kappa shape index (κ3) is 3.16. The average molecular weight is 321 g/mol. The van der Waals surface area contributed by atoms with Crippen LogP contribution in [0.3, 0.4) is 0 Å². The van der Waals surface area contributed by atoms with Crippen molar-refractivity contribution in [2.45, 2.75) is 38.1 Å². The molecule has 124 valence electrons. The number of nitrogens with one attached hydrogen (secondary N) is 1. The molecule has 1 unspecified atom stereocenters. The number of hydrogen-bond acceptors (Lipinski definition) is 6. The van der Waals surface area contributed by atoms with Crippen molar-refractivity contribution in [1.82, 2.24) is 5.32 Å². The second-order valence-corrected chi connectivity index (χ2v) is 5.83. The lowest BCUT2D eigenvalue weighted by atomic mass is 9.87. The van der Waals surface area contributed by atoms with Crippen LogP contribution >= 0.6 is 0 Å². The van der Waals surface area contributed by atoms with Crippen LogP contribution in [-0.2, 0) is 20.9 Å². The van der Waals surface area contributed by atoms with E-state index in [4.69, 9.17) is 19.3 Å². The highest BCUT2D eigenvalue weighted by molar-refractivity contribution is 6.29. The van der Waals surface area contributed by atoms with E-state index in [1.165, 1.54) is 6.07 Å². The summed E-state index contributed by atoms with van der Waals surface area (Å²) < 4.78 is 17.0. The maximum Gasteiger partial charge on any atom is 0.422 e. The minimum atomic E-state index is -1.63. The van der Waals surface area contributed by atoms with Gasteiger partial charge in [-0.15, -0.1) is 0 Å². The van der Waals surface area contributed by atoms with Crippen LogP contribution < -0.4 is 14.8 Å². The summed E-state index contributed by atoms with van der Waals surface area (Å²) in [6.45, 7) is 4.09. The molecule has 0 amide bonds. The Morgan fingerprint density at radius 2 is 2.09 bits per heavy atom. The van der Waals surface area contributed by atoms with Gasteiger partial charge in [0.15, 0.2) is 0 Å². The molecular weight excluding hydrogens is 302 g/mol. The Morgan fingerprint density at radius 3 is 2.78 bits per heavy atom. The second-order valence-electron chi connectivity index (χ2n) is 5.83. The van der Waals surface area contributed by atoms with Crippen LogP contribution in [0.1, 0.15) is 25.3 Å². The Bertz CT molecular complexity index is 623. The highest BCUT2D eigenvalue weighted by Crippen LogP contribution is 2.37. The SMILES string of the molecule is CC1Oc2ccc(OC(=O)C(=O)O)cc2COC12CCNCC2. The minimum Gasteiger partial charge on any atom is -0.487 e. The standard InChI is InChI=1S/C16H19NO6/c1-10-16(4-6-17-7-5-16)21-9-11-8-12(2-3-13(11)22-10)23-15(20)14(18)19/h2-3,8,10,17H,4-7,9H2,1H3,(H,18,19). The van der Waals surface area contributed by atoms with E-state index in [0.29, 0.717) is 12.4 Å². The van der Waals surface area contributed by atoms with Crippen molar-refractivity contribution in [2.75, 3.05) is 13.1 Å². The number of piperidine rings is 1. The number of carboxylic acid groups (broad SMARTS) is 1. The summed E-state index contributed by atoms with van der Waals surface area (Å²) in [6, 6.07) is 4.79. The van der Waals surface area contributed by atoms with Crippen LogP contribution in [0.15, 0.2) is 18.2 Å². The monoisotopic (exact) mass is 321 g/mol. The van der Waals surface area contributed by atoms with Crippen LogP contribution in [0.25, 0.3) is 0 Å². The van der Waals surface area contributed by atoms with Crippen molar-refractivity contribution in [3.63, 3.8) is 0 Å². The first-order valence-electron chi connectivity index (χ1n) is 7.59. The van der Waals surface area contributed by atoms with Gasteiger partial charge in [-0.3, -0.25) is 0 Å². The van der Waals surface area contributed by atoms with E-state index in [-0.39, 0.29) is 17.5 Å². The highest BCUT2D eigenvalue weighted by atomic mass is 16.6. The minimum absolute atomic E-state index is 0.0988. The fraction of sp³-hybridized carbons (Fsp3) is 0.500. The van der Waals surface area contributed by atoms with Crippen molar-refractivity contribution in [3.8, 4) is 11.5 Å². The summed E-state index contributed by atoms with van der Waals surface area (Å²) in [4.78, 5) is 21.7. The van der Waals surface area contributed by atoms with E-state index >= 15 is 0 Å². The molecule has 1 aromatic carbocycles. The molecule has 0 aliphatic carbocycles. The molecule has 1 fully saturated rings. The summed E-state index contributed by atoms with van der Waals surface area (Å²) in [5.41, 5.74) is 0.408. The number of carboxylic acids is 1. The first-order chi connectivity index (χ1) is 11.0. The Labute approximate surface area is 133 Å². The van der Waals surface area contributed by atoms with Crippen molar-refractivity contribution in [3.05, 3.63) is 23.8 Å². The van der Waals surface area contributed by atoms with Gasteiger partial charge < -0.3 is 24.6 Å². The third-order valence-corrected chi connectivity index (χ3v) is 4.43. The molecule has 1 aromatic rings. The van der Waals surface area contributed by atoms with Gasteiger partial charge in [0.2, 0.25) is 0 Å². The van der Waals surface area contributed by atoms with E-state index < -0.39 is 11.9 Å². The number of aliphatic carboxylic acids is 1. The molecule has 3 rings (SSSR count). The van der Waals surface area contributed by atoms with Gasteiger partial charge in [0.05, 0.1) is 6.61 Å². The summed E-state index contributed by atoms with van der Waals surface area (Å²) in [5, 5.41) is 11.9. The first-order valence-corrected chi connectivity index (χ1v) is 7.59. The summed E-state index contributed by atoms with van der Waals surface area (Å²) in [6.07, 6.45) is 1.63. The largest absolute Gasteiger partial charge is 0.487 e. The van der Waals surface area contributed by atoms with E-state index in [9.17, 15) is 9.59 Å². The lowest BCUT2D eigenvalue weighted by Crippen LogP contribution is -2.52. The molecule has 2 N–H and O–H groups in total. The third-order valence-electron chi connectivity index (χ3n) is 4.43. The quantitative estimate of drug-likeness (QED) is 0.454. The molecule has 23 heavy (non-hydrogen) atoms. The molecular formula is C16H19NO6. The van der Waals surface area contributed by atoms with Gasteiger partial charge in [-0.25, -0.2) is 9.59 Å². The van der Waals surface area contributed by atoms with Crippen molar-refractivity contribution >= 4 is 11.9 Å². The number of hydrogen-bond donors (Lipinski definition) is 2. The summed E-state index contributed by atoms with van der Waals surface area (Å²) in [7, 11) is 0. The number of ether oxygens (including phenoxy) is 3. The predicted octanol–water partition coefficient (Wildman–Crippen LogP) is 1.10. The Balaban J connectivity index is 1.80. The van der Waals surface area contributed by atoms with Crippen molar-refractivity contribution in [1.29, 1.82) is 0 Å².